The van der Waals surface area contributed by atoms with Crippen LogP contribution in [0.4, 0.5) is 5.69 Å². The summed E-state index contributed by atoms with van der Waals surface area (Å²) >= 11 is 5.98. The van der Waals surface area contributed by atoms with E-state index in [1.54, 1.807) is 18.2 Å². The van der Waals surface area contributed by atoms with Gasteiger partial charge in [-0.1, -0.05) is 17.7 Å². The van der Waals surface area contributed by atoms with Crippen molar-refractivity contribution >= 4 is 29.6 Å². The minimum absolute atomic E-state index is 0.0416. The summed E-state index contributed by atoms with van der Waals surface area (Å²) in [7, 11) is 0. The van der Waals surface area contributed by atoms with E-state index in [1.807, 2.05) is 13.0 Å². The number of carbonyl (C=O) groups is 2. The molecule has 0 aliphatic carbocycles. The normalized spacial score (nSPS) is 10.5. The zero-order valence-corrected chi connectivity index (χ0v) is 12.9. The molecule has 0 spiro atoms. The largest absolute Gasteiger partial charge is 0.390 e. The molecule has 0 saturated heterocycles. The first-order valence-electron chi connectivity index (χ1n) is 6.66. The second kappa shape index (κ2) is 9.42. The molecule has 1 aromatic carbocycles. The summed E-state index contributed by atoms with van der Waals surface area (Å²) < 4.78 is 0. The Balaban J connectivity index is 2.55. The Labute approximate surface area is 134 Å². The van der Waals surface area contributed by atoms with Gasteiger partial charge in [0.25, 0.3) is 5.91 Å². The molecule has 3 N–H and O–H groups in total. The molecule has 0 radical (unpaired) electrons. The predicted octanol–water partition coefficient (Wildman–Crippen LogP) is 1.72. The maximum absolute atomic E-state index is 12.0. The molecule has 0 fully saturated rings. The zero-order valence-electron chi connectivity index (χ0n) is 12.1. The molecule has 0 unspecified atom stereocenters. The van der Waals surface area contributed by atoms with Crippen LogP contribution in [0.25, 0.3) is 0 Å². The van der Waals surface area contributed by atoms with Crippen LogP contribution in [-0.2, 0) is 9.59 Å². The first-order valence-corrected chi connectivity index (χ1v) is 7.04. The molecule has 1 aromatic rings. The highest BCUT2D eigenvalue weighted by Crippen LogP contribution is 2.20. The van der Waals surface area contributed by atoms with Crippen LogP contribution < -0.4 is 16.0 Å². The number of anilines is 1. The fraction of sp³-hybridized carbons (Fsp3) is 0.267. The van der Waals surface area contributed by atoms with Crippen molar-refractivity contribution in [1.82, 2.24) is 10.6 Å². The molecule has 0 aromatic heterocycles. The monoisotopic (exact) mass is 320 g/mol. The fourth-order valence-corrected chi connectivity index (χ4v) is 1.72. The molecular formula is C15H17ClN4O2. The molecule has 0 aliphatic rings. The topological polar surface area (TPSA) is 94.0 Å². The van der Waals surface area contributed by atoms with Gasteiger partial charge in [-0.2, -0.15) is 5.26 Å². The van der Waals surface area contributed by atoms with Crippen molar-refractivity contribution in [3.8, 4) is 6.07 Å². The summed E-state index contributed by atoms with van der Waals surface area (Å²) in [5.41, 5.74) is 1.39. The van der Waals surface area contributed by atoms with Crippen LogP contribution in [0.3, 0.4) is 0 Å². The molecule has 0 aliphatic heterocycles. The molecule has 0 atom stereocenters. The Morgan fingerprint density at radius 2 is 2.09 bits per heavy atom. The van der Waals surface area contributed by atoms with Gasteiger partial charge in [0.1, 0.15) is 11.6 Å². The molecule has 0 saturated carbocycles. The van der Waals surface area contributed by atoms with Gasteiger partial charge in [0.15, 0.2) is 0 Å². The number of hydrogen-bond acceptors (Lipinski definition) is 4. The highest BCUT2D eigenvalue weighted by atomic mass is 35.5. The van der Waals surface area contributed by atoms with Crippen molar-refractivity contribution in [2.75, 3.05) is 18.4 Å². The summed E-state index contributed by atoms with van der Waals surface area (Å²) in [5.74, 6) is -0.513. The summed E-state index contributed by atoms with van der Waals surface area (Å²) in [6.07, 6.45) is 2.66. The third kappa shape index (κ3) is 5.85. The van der Waals surface area contributed by atoms with Crippen LogP contribution in [0.5, 0.6) is 0 Å². The van der Waals surface area contributed by atoms with Gasteiger partial charge < -0.3 is 16.0 Å². The molecule has 1 rings (SSSR count). The number of aryl methyl sites for hydroxylation is 1. The molecule has 116 valence electrons. The Bertz CT molecular complexity index is 608. The van der Waals surface area contributed by atoms with E-state index in [4.69, 9.17) is 16.9 Å². The number of hydrogen-bond donors (Lipinski definition) is 3. The van der Waals surface area contributed by atoms with Crippen molar-refractivity contribution < 1.29 is 9.59 Å². The van der Waals surface area contributed by atoms with E-state index in [9.17, 15) is 9.59 Å². The van der Waals surface area contributed by atoms with Crippen LogP contribution in [0.15, 0.2) is 30.0 Å². The summed E-state index contributed by atoms with van der Waals surface area (Å²) in [6.45, 7) is 2.92. The lowest BCUT2D eigenvalue weighted by Crippen LogP contribution is -2.20. The Hall–Kier alpha value is -2.52. The van der Waals surface area contributed by atoms with Gasteiger partial charge in [0.05, 0.1) is 0 Å². The molecule has 22 heavy (non-hydrogen) atoms. The van der Waals surface area contributed by atoms with Gasteiger partial charge in [-0.05, 0) is 31.0 Å². The van der Waals surface area contributed by atoms with Crippen molar-refractivity contribution in [2.24, 2.45) is 0 Å². The molecular weight excluding hydrogens is 304 g/mol. The number of halogens is 1. The summed E-state index contributed by atoms with van der Waals surface area (Å²) in [4.78, 5) is 22.0. The van der Waals surface area contributed by atoms with Crippen LogP contribution in [-0.4, -0.2) is 25.4 Å². The molecule has 7 heteroatoms. The number of carbonyl (C=O) groups excluding carboxylic acids is 2. The number of rotatable bonds is 8. The number of nitriles is 1. The van der Waals surface area contributed by atoms with Crippen LogP contribution in [0, 0.1) is 18.3 Å². The minimum Gasteiger partial charge on any atom is -0.390 e. The first kappa shape index (κ1) is 17.5. The average molecular weight is 321 g/mol. The smallest absolute Gasteiger partial charge is 0.267 e. The number of amides is 2. The van der Waals surface area contributed by atoms with Gasteiger partial charge in [0, 0.05) is 30.0 Å². The SMILES string of the molecule is Cc1ccc(NC(=O)/C(C#N)=C\NCCCNC=O)cc1Cl. The number of nitrogens with one attached hydrogen (secondary N) is 3. The maximum Gasteiger partial charge on any atom is 0.267 e. The van der Waals surface area contributed by atoms with Gasteiger partial charge >= 0.3 is 0 Å². The standard InChI is InChI=1S/C15H17ClN4O2/c1-11-3-4-13(7-14(11)16)20-15(22)12(8-17)9-18-5-2-6-19-10-21/h3-4,7,9-10,18H,2,5-6H2,1H3,(H,19,21)(H,20,22)/b12-9-. The van der Waals surface area contributed by atoms with Gasteiger partial charge in [-0.25, -0.2) is 0 Å². The third-order valence-electron chi connectivity index (χ3n) is 2.77. The quantitative estimate of drug-likeness (QED) is 0.294. The van der Waals surface area contributed by atoms with Crippen molar-refractivity contribution in [1.29, 1.82) is 5.26 Å². The lowest BCUT2D eigenvalue weighted by Gasteiger charge is -2.06. The fourth-order valence-electron chi connectivity index (χ4n) is 1.54. The van der Waals surface area contributed by atoms with Gasteiger partial charge in [0.2, 0.25) is 6.41 Å². The number of benzene rings is 1. The van der Waals surface area contributed by atoms with Gasteiger partial charge in [-0.15, -0.1) is 0 Å². The zero-order chi connectivity index (χ0) is 16.4. The van der Waals surface area contributed by atoms with Crippen molar-refractivity contribution in [2.45, 2.75) is 13.3 Å². The average Bonchev–Trinajstić information content (AvgIpc) is 2.50. The van der Waals surface area contributed by atoms with E-state index < -0.39 is 5.91 Å². The molecule has 0 bridgehead atoms. The van der Waals surface area contributed by atoms with E-state index in [2.05, 4.69) is 16.0 Å². The second-order valence-corrected chi connectivity index (χ2v) is 4.87. The van der Waals surface area contributed by atoms with E-state index in [1.165, 1.54) is 6.20 Å². The first-order chi connectivity index (χ1) is 10.6. The summed E-state index contributed by atoms with van der Waals surface area (Å²) in [5, 5.41) is 17.5. The van der Waals surface area contributed by atoms with Crippen molar-refractivity contribution in [3.05, 3.63) is 40.6 Å². The van der Waals surface area contributed by atoms with E-state index in [0.29, 0.717) is 36.6 Å². The Kier molecular flexibility index (Phi) is 7.51. The minimum atomic E-state index is -0.513. The van der Waals surface area contributed by atoms with E-state index in [0.717, 1.165) is 5.56 Å². The van der Waals surface area contributed by atoms with Gasteiger partial charge in [-0.3, -0.25) is 9.59 Å². The lowest BCUT2D eigenvalue weighted by atomic mass is 10.2. The lowest BCUT2D eigenvalue weighted by molar-refractivity contribution is -0.112. The summed E-state index contributed by atoms with van der Waals surface area (Å²) in [6, 6.07) is 6.96. The van der Waals surface area contributed by atoms with Crippen molar-refractivity contribution in [3.63, 3.8) is 0 Å². The van der Waals surface area contributed by atoms with E-state index in [-0.39, 0.29) is 5.57 Å². The van der Waals surface area contributed by atoms with Crippen LogP contribution in [0.1, 0.15) is 12.0 Å². The molecule has 6 nitrogen and oxygen atoms in total. The highest BCUT2D eigenvalue weighted by Gasteiger charge is 2.09. The second-order valence-electron chi connectivity index (χ2n) is 4.47. The van der Waals surface area contributed by atoms with E-state index >= 15 is 0 Å². The molecule has 0 heterocycles. The van der Waals surface area contributed by atoms with Crippen LogP contribution >= 0.6 is 11.6 Å². The Morgan fingerprint density at radius 1 is 1.36 bits per heavy atom. The highest BCUT2D eigenvalue weighted by molar-refractivity contribution is 6.31. The predicted molar refractivity (Wildman–Crippen MR) is 85.2 cm³/mol. The molecule has 2 amide bonds. The Morgan fingerprint density at radius 3 is 2.73 bits per heavy atom. The van der Waals surface area contributed by atoms with Crippen LogP contribution in [0.2, 0.25) is 5.02 Å². The third-order valence-corrected chi connectivity index (χ3v) is 3.17. The maximum atomic E-state index is 12.0. The number of nitrogens with zero attached hydrogens (tertiary/aromatic N) is 1.